The highest BCUT2D eigenvalue weighted by atomic mass is 16.2. The highest BCUT2D eigenvalue weighted by molar-refractivity contribution is 5.94. The first-order chi connectivity index (χ1) is 10.2. The Balaban J connectivity index is 1.43. The van der Waals surface area contributed by atoms with E-state index in [0.29, 0.717) is 5.56 Å². The maximum atomic E-state index is 12.0. The van der Waals surface area contributed by atoms with E-state index in [1.165, 1.54) is 38.5 Å². The van der Waals surface area contributed by atoms with E-state index < -0.39 is 0 Å². The summed E-state index contributed by atoms with van der Waals surface area (Å²) < 4.78 is 0. The normalized spacial score (nSPS) is 37.0. The number of pyridine rings is 1. The SMILES string of the molecule is O=C(N/N=C\C12CC3CC(CC(C3)C1)C2)c1ccncc1. The minimum atomic E-state index is -0.154. The third-order valence-corrected chi connectivity index (χ3v) is 5.53. The van der Waals surface area contributed by atoms with Crippen molar-refractivity contribution in [2.45, 2.75) is 38.5 Å². The van der Waals surface area contributed by atoms with Crippen LogP contribution in [-0.2, 0) is 0 Å². The van der Waals surface area contributed by atoms with Gasteiger partial charge in [-0.05, 0) is 68.4 Å². The van der Waals surface area contributed by atoms with E-state index in [2.05, 4.69) is 21.7 Å². The Bertz CT molecular complexity index is 531. The van der Waals surface area contributed by atoms with E-state index in [-0.39, 0.29) is 11.3 Å². The molecule has 4 bridgehead atoms. The zero-order chi connectivity index (χ0) is 14.3. The Morgan fingerprint density at radius 1 is 1.14 bits per heavy atom. The van der Waals surface area contributed by atoms with Gasteiger partial charge >= 0.3 is 0 Å². The molecule has 4 heteroatoms. The van der Waals surface area contributed by atoms with Crippen LogP contribution < -0.4 is 5.43 Å². The van der Waals surface area contributed by atoms with Crippen LogP contribution in [-0.4, -0.2) is 17.1 Å². The summed E-state index contributed by atoms with van der Waals surface area (Å²) in [6.07, 6.45) is 13.4. The summed E-state index contributed by atoms with van der Waals surface area (Å²) in [6.45, 7) is 0. The molecular weight excluding hydrogens is 262 g/mol. The lowest BCUT2D eigenvalue weighted by Crippen LogP contribution is -2.47. The van der Waals surface area contributed by atoms with Crippen molar-refractivity contribution in [1.82, 2.24) is 10.4 Å². The van der Waals surface area contributed by atoms with E-state index in [9.17, 15) is 4.79 Å². The number of aromatic nitrogens is 1. The van der Waals surface area contributed by atoms with Crippen molar-refractivity contribution in [2.24, 2.45) is 28.3 Å². The largest absolute Gasteiger partial charge is 0.271 e. The fourth-order valence-corrected chi connectivity index (χ4v) is 5.13. The predicted octanol–water partition coefficient (Wildman–Crippen LogP) is 3.01. The molecule has 1 amide bonds. The van der Waals surface area contributed by atoms with E-state index in [1.807, 2.05) is 0 Å². The number of nitrogens with one attached hydrogen (secondary N) is 1. The molecule has 1 N–H and O–H groups in total. The lowest BCUT2D eigenvalue weighted by Gasteiger charge is -2.55. The maximum absolute atomic E-state index is 12.0. The first-order valence-electron chi connectivity index (χ1n) is 7.97. The highest BCUT2D eigenvalue weighted by Crippen LogP contribution is 2.59. The highest BCUT2D eigenvalue weighted by Gasteiger charge is 2.50. The maximum Gasteiger partial charge on any atom is 0.271 e. The van der Waals surface area contributed by atoms with Crippen LogP contribution in [0.2, 0.25) is 0 Å². The van der Waals surface area contributed by atoms with E-state index in [1.54, 1.807) is 24.5 Å². The Hall–Kier alpha value is -1.71. The molecule has 0 radical (unpaired) electrons. The molecule has 1 heterocycles. The first-order valence-corrected chi connectivity index (χ1v) is 7.97. The van der Waals surface area contributed by atoms with Gasteiger partial charge in [-0.25, -0.2) is 5.43 Å². The smallest absolute Gasteiger partial charge is 0.267 e. The second-order valence-corrected chi connectivity index (χ2v) is 7.21. The van der Waals surface area contributed by atoms with Crippen molar-refractivity contribution in [1.29, 1.82) is 0 Å². The van der Waals surface area contributed by atoms with E-state index in [4.69, 9.17) is 0 Å². The summed E-state index contributed by atoms with van der Waals surface area (Å²) in [5.74, 6) is 2.55. The molecule has 110 valence electrons. The second-order valence-electron chi connectivity index (χ2n) is 7.21. The predicted molar refractivity (Wildman–Crippen MR) is 80.8 cm³/mol. The number of nitrogens with zero attached hydrogens (tertiary/aromatic N) is 2. The Morgan fingerprint density at radius 3 is 2.29 bits per heavy atom. The van der Waals surface area contributed by atoms with Gasteiger partial charge in [0.2, 0.25) is 0 Å². The van der Waals surface area contributed by atoms with Crippen molar-refractivity contribution < 1.29 is 4.79 Å². The zero-order valence-electron chi connectivity index (χ0n) is 12.2. The molecule has 0 aromatic carbocycles. The van der Waals surface area contributed by atoms with Crippen LogP contribution >= 0.6 is 0 Å². The molecular formula is C17H21N3O. The third-order valence-electron chi connectivity index (χ3n) is 5.53. The average Bonchev–Trinajstić information content (AvgIpc) is 2.46. The fourth-order valence-electron chi connectivity index (χ4n) is 5.13. The molecule has 4 saturated carbocycles. The van der Waals surface area contributed by atoms with Crippen LogP contribution in [0.1, 0.15) is 48.9 Å². The summed E-state index contributed by atoms with van der Waals surface area (Å²) in [5.41, 5.74) is 3.55. The minimum Gasteiger partial charge on any atom is -0.267 e. The first kappa shape index (κ1) is 13.0. The number of amides is 1. The standard InChI is InChI=1S/C17H21N3O/c21-16(15-1-3-18-4-2-15)20-19-11-17-8-12-5-13(9-17)7-14(6-12)10-17/h1-4,11-14H,5-10H2,(H,20,21)/b19-11-. The number of carbonyl (C=O) groups is 1. The van der Waals surface area contributed by atoms with Gasteiger partial charge in [0, 0.05) is 29.6 Å². The van der Waals surface area contributed by atoms with Gasteiger partial charge < -0.3 is 0 Å². The molecule has 0 saturated heterocycles. The molecule has 4 fully saturated rings. The van der Waals surface area contributed by atoms with Gasteiger partial charge in [0.1, 0.15) is 0 Å². The average molecular weight is 283 g/mol. The molecule has 4 aliphatic carbocycles. The Kier molecular flexibility index (Phi) is 3.05. The van der Waals surface area contributed by atoms with Crippen molar-refractivity contribution >= 4 is 12.1 Å². The van der Waals surface area contributed by atoms with Gasteiger partial charge in [0.05, 0.1) is 0 Å². The quantitative estimate of drug-likeness (QED) is 0.685. The van der Waals surface area contributed by atoms with Crippen molar-refractivity contribution in [3.8, 4) is 0 Å². The van der Waals surface area contributed by atoms with E-state index in [0.717, 1.165) is 17.8 Å². The fraction of sp³-hybridized carbons (Fsp3) is 0.588. The van der Waals surface area contributed by atoms with Gasteiger partial charge in [-0.15, -0.1) is 0 Å². The lowest BCUT2D eigenvalue weighted by atomic mass is 9.50. The Labute approximate surface area is 125 Å². The second kappa shape index (κ2) is 4.93. The number of hydrogen-bond acceptors (Lipinski definition) is 3. The molecule has 0 spiro atoms. The topological polar surface area (TPSA) is 54.4 Å². The van der Waals surface area contributed by atoms with Gasteiger partial charge in [-0.2, -0.15) is 5.10 Å². The van der Waals surface area contributed by atoms with Crippen molar-refractivity contribution in [3.63, 3.8) is 0 Å². The van der Waals surface area contributed by atoms with Crippen LogP contribution in [0.25, 0.3) is 0 Å². The molecule has 1 aromatic heterocycles. The van der Waals surface area contributed by atoms with Crippen LogP contribution in [0.3, 0.4) is 0 Å². The monoisotopic (exact) mass is 283 g/mol. The van der Waals surface area contributed by atoms with Crippen molar-refractivity contribution in [2.75, 3.05) is 0 Å². The van der Waals surface area contributed by atoms with Crippen molar-refractivity contribution in [3.05, 3.63) is 30.1 Å². The molecule has 5 rings (SSSR count). The van der Waals surface area contributed by atoms with Gasteiger partial charge in [-0.1, -0.05) is 0 Å². The number of hydrogen-bond donors (Lipinski definition) is 1. The summed E-state index contributed by atoms with van der Waals surface area (Å²) >= 11 is 0. The zero-order valence-corrected chi connectivity index (χ0v) is 12.2. The summed E-state index contributed by atoms with van der Waals surface area (Å²) in [5, 5.41) is 4.29. The molecule has 0 atom stereocenters. The van der Waals surface area contributed by atoms with Crippen LogP contribution in [0.4, 0.5) is 0 Å². The summed E-state index contributed by atoms with van der Waals surface area (Å²) in [6, 6.07) is 3.41. The minimum absolute atomic E-state index is 0.154. The van der Waals surface area contributed by atoms with Gasteiger partial charge in [0.15, 0.2) is 0 Å². The Morgan fingerprint density at radius 2 is 1.71 bits per heavy atom. The number of hydrazone groups is 1. The van der Waals surface area contributed by atoms with Gasteiger partial charge in [-0.3, -0.25) is 9.78 Å². The molecule has 0 aliphatic heterocycles. The van der Waals surface area contributed by atoms with Gasteiger partial charge in [0.25, 0.3) is 5.91 Å². The number of carbonyl (C=O) groups excluding carboxylic acids is 1. The van der Waals surface area contributed by atoms with Crippen LogP contribution in [0.15, 0.2) is 29.6 Å². The molecule has 4 nitrogen and oxygen atoms in total. The summed E-state index contributed by atoms with van der Waals surface area (Å²) in [4.78, 5) is 15.9. The van der Waals surface area contributed by atoms with Crippen LogP contribution in [0, 0.1) is 23.2 Å². The molecule has 4 aliphatic rings. The number of rotatable bonds is 3. The molecule has 21 heavy (non-hydrogen) atoms. The summed E-state index contributed by atoms with van der Waals surface area (Å²) in [7, 11) is 0. The van der Waals surface area contributed by atoms with E-state index >= 15 is 0 Å². The lowest BCUT2D eigenvalue weighted by molar-refractivity contribution is -0.00979. The molecule has 1 aromatic rings. The molecule has 0 unspecified atom stereocenters. The third kappa shape index (κ3) is 2.47. The van der Waals surface area contributed by atoms with Crippen LogP contribution in [0.5, 0.6) is 0 Å².